The normalized spacial score (nSPS) is 15.9. The van der Waals surface area contributed by atoms with Crippen LogP contribution in [0.25, 0.3) is 0 Å². The summed E-state index contributed by atoms with van der Waals surface area (Å²) in [6.07, 6.45) is -5.08. The van der Waals surface area contributed by atoms with Gasteiger partial charge in [-0.15, -0.1) is 0 Å². The molecule has 1 aliphatic rings. The van der Waals surface area contributed by atoms with Crippen molar-refractivity contribution in [1.82, 2.24) is 0 Å². The molecule has 0 fully saturated rings. The quantitative estimate of drug-likeness (QED) is 0.740. The van der Waals surface area contributed by atoms with Crippen LogP contribution in [-0.4, -0.2) is 30.8 Å². The van der Waals surface area contributed by atoms with Crippen LogP contribution < -0.4 is 5.73 Å². The number of alkyl halides is 3. The number of fused-ring (bicyclic) bond motifs is 1. The van der Waals surface area contributed by atoms with Gasteiger partial charge < -0.3 is 10.8 Å². The number of halogens is 3. The van der Waals surface area contributed by atoms with Crippen molar-refractivity contribution in [2.75, 3.05) is 0 Å². The Morgan fingerprint density at radius 1 is 1.33 bits per heavy atom. The van der Waals surface area contributed by atoms with E-state index in [2.05, 4.69) is 0 Å². The average Bonchev–Trinajstić information content (AvgIpc) is 2.59. The molecule has 1 aromatic carbocycles. The molecule has 0 radical (unpaired) electrons. The van der Waals surface area contributed by atoms with Crippen LogP contribution in [0.4, 0.5) is 13.2 Å². The molecule has 11 heteroatoms. The zero-order valence-electron chi connectivity index (χ0n) is 10.0. The minimum absolute atomic E-state index is 0.0949. The molecule has 0 amide bonds. The molecule has 2 rings (SSSR count). The number of carbonyl (C=O) groups is 2. The molecule has 1 heterocycles. The van der Waals surface area contributed by atoms with Crippen molar-refractivity contribution in [1.29, 1.82) is 0 Å². The maximum absolute atomic E-state index is 11.5. The SMILES string of the molecule is NCc1cccc2c1S(=O)(=O)SC2=O.O=C(O)C(F)(F)F. The maximum atomic E-state index is 11.5. The van der Waals surface area contributed by atoms with Crippen molar-refractivity contribution in [3.05, 3.63) is 29.3 Å². The van der Waals surface area contributed by atoms with Gasteiger partial charge in [-0.3, -0.25) is 4.79 Å². The van der Waals surface area contributed by atoms with E-state index in [-0.39, 0.29) is 17.0 Å². The third-order valence-electron chi connectivity index (χ3n) is 2.21. The Bertz CT molecular complexity index is 684. The van der Waals surface area contributed by atoms with Gasteiger partial charge in [-0.2, -0.15) is 13.2 Å². The monoisotopic (exact) mass is 343 g/mol. The highest BCUT2D eigenvalue weighted by Crippen LogP contribution is 2.39. The van der Waals surface area contributed by atoms with Crippen LogP contribution in [0.5, 0.6) is 0 Å². The highest BCUT2D eigenvalue weighted by atomic mass is 33.1. The molecular formula is C10H8F3NO5S2. The van der Waals surface area contributed by atoms with Crippen molar-refractivity contribution >= 4 is 30.7 Å². The lowest BCUT2D eigenvalue weighted by atomic mass is 10.1. The minimum Gasteiger partial charge on any atom is -0.475 e. The largest absolute Gasteiger partial charge is 0.490 e. The first-order valence-electron chi connectivity index (χ1n) is 5.11. The fourth-order valence-corrected chi connectivity index (χ4v) is 4.61. The summed E-state index contributed by atoms with van der Waals surface area (Å²) in [5, 5.41) is 6.70. The molecule has 0 atom stereocenters. The van der Waals surface area contributed by atoms with Gasteiger partial charge in [0.05, 0.1) is 15.7 Å². The second kappa shape index (κ2) is 6.03. The second-order valence-corrected chi connectivity index (χ2v) is 7.30. The first-order chi connectivity index (χ1) is 9.50. The van der Waals surface area contributed by atoms with E-state index >= 15 is 0 Å². The number of carboxylic acids is 1. The fraction of sp³-hybridized carbons (Fsp3) is 0.200. The van der Waals surface area contributed by atoms with Crippen molar-refractivity contribution in [3.8, 4) is 0 Å². The van der Waals surface area contributed by atoms with E-state index in [1.54, 1.807) is 12.1 Å². The van der Waals surface area contributed by atoms with Gasteiger partial charge in [-0.1, -0.05) is 12.1 Å². The molecule has 116 valence electrons. The predicted molar refractivity (Wildman–Crippen MR) is 67.1 cm³/mol. The first-order valence-corrected chi connectivity index (χ1v) is 7.93. The van der Waals surface area contributed by atoms with Gasteiger partial charge in [0, 0.05) is 12.1 Å². The van der Waals surface area contributed by atoms with Gasteiger partial charge in [0.1, 0.15) is 0 Å². The summed E-state index contributed by atoms with van der Waals surface area (Å²) in [4.78, 5) is 20.3. The summed E-state index contributed by atoms with van der Waals surface area (Å²) in [5.74, 6) is -2.76. The van der Waals surface area contributed by atoms with E-state index in [4.69, 9.17) is 15.6 Å². The van der Waals surface area contributed by atoms with Crippen LogP contribution in [0.1, 0.15) is 15.9 Å². The molecule has 3 N–H and O–H groups in total. The molecule has 0 bridgehead atoms. The Balaban J connectivity index is 0.000000270. The summed E-state index contributed by atoms with van der Waals surface area (Å²) in [5.41, 5.74) is 6.15. The van der Waals surface area contributed by atoms with Crippen molar-refractivity contribution in [2.24, 2.45) is 5.73 Å². The zero-order valence-corrected chi connectivity index (χ0v) is 11.7. The highest BCUT2D eigenvalue weighted by Gasteiger charge is 2.38. The standard InChI is InChI=1S/C8H7NO3S2.C2HF3O2/c9-4-5-2-1-3-6-7(5)14(11,12)13-8(6)10;3-2(4,5)1(6)7/h1-3H,4,9H2;(H,6,7). The molecular weight excluding hydrogens is 335 g/mol. The molecule has 1 aliphatic heterocycles. The topological polar surface area (TPSA) is 115 Å². The number of aliphatic carboxylic acids is 1. The lowest BCUT2D eigenvalue weighted by Gasteiger charge is -2.02. The molecule has 21 heavy (non-hydrogen) atoms. The Hall–Kier alpha value is -1.59. The minimum atomic E-state index is -5.08. The summed E-state index contributed by atoms with van der Waals surface area (Å²) in [6, 6.07) is 4.77. The summed E-state index contributed by atoms with van der Waals surface area (Å²) in [6.45, 7) is 0.121. The average molecular weight is 343 g/mol. The Labute approximate surface area is 120 Å². The van der Waals surface area contributed by atoms with Crippen LogP contribution in [0.2, 0.25) is 0 Å². The van der Waals surface area contributed by atoms with Crippen LogP contribution >= 0.6 is 10.8 Å². The summed E-state index contributed by atoms with van der Waals surface area (Å²) < 4.78 is 54.8. The third-order valence-corrected chi connectivity index (χ3v) is 5.40. The first kappa shape index (κ1) is 17.5. The number of hydrogen-bond donors (Lipinski definition) is 2. The van der Waals surface area contributed by atoms with Gasteiger partial charge >= 0.3 is 12.1 Å². The Kier molecular flexibility index (Phi) is 5.02. The van der Waals surface area contributed by atoms with Gasteiger partial charge in [0.15, 0.2) is 0 Å². The fourth-order valence-electron chi connectivity index (χ4n) is 1.39. The summed E-state index contributed by atoms with van der Waals surface area (Å²) >= 11 is 0. The zero-order chi connectivity index (χ0) is 16.4. The van der Waals surface area contributed by atoms with Crippen molar-refractivity contribution in [3.63, 3.8) is 0 Å². The lowest BCUT2D eigenvalue weighted by molar-refractivity contribution is -0.192. The third kappa shape index (κ3) is 3.95. The second-order valence-electron chi connectivity index (χ2n) is 3.63. The number of benzene rings is 1. The number of carbonyl (C=O) groups excluding carboxylic acids is 1. The lowest BCUT2D eigenvalue weighted by Crippen LogP contribution is -2.21. The van der Waals surface area contributed by atoms with Gasteiger partial charge in [0.2, 0.25) is 14.0 Å². The molecule has 0 aliphatic carbocycles. The van der Waals surface area contributed by atoms with Crippen LogP contribution in [0, 0.1) is 0 Å². The van der Waals surface area contributed by atoms with Gasteiger partial charge in [-0.25, -0.2) is 13.2 Å². The molecule has 0 unspecified atom stereocenters. The van der Waals surface area contributed by atoms with Crippen LogP contribution in [0.15, 0.2) is 23.1 Å². The maximum Gasteiger partial charge on any atom is 0.490 e. The molecule has 6 nitrogen and oxygen atoms in total. The molecule has 0 aromatic heterocycles. The molecule has 1 aromatic rings. The van der Waals surface area contributed by atoms with Crippen LogP contribution in [-0.2, 0) is 20.2 Å². The Morgan fingerprint density at radius 2 is 1.86 bits per heavy atom. The number of rotatable bonds is 1. The van der Waals surface area contributed by atoms with Gasteiger partial charge in [-0.05, 0) is 11.6 Å². The van der Waals surface area contributed by atoms with E-state index in [9.17, 15) is 26.4 Å². The number of nitrogens with two attached hydrogens (primary N) is 1. The molecule has 0 saturated heterocycles. The Morgan fingerprint density at radius 3 is 2.29 bits per heavy atom. The smallest absolute Gasteiger partial charge is 0.475 e. The van der Waals surface area contributed by atoms with E-state index in [1.165, 1.54) is 6.07 Å². The number of carboxylic acid groups (broad SMARTS) is 1. The van der Waals surface area contributed by atoms with E-state index in [0.29, 0.717) is 16.4 Å². The highest BCUT2D eigenvalue weighted by molar-refractivity contribution is 8.78. The van der Waals surface area contributed by atoms with Gasteiger partial charge in [0.25, 0.3) is 0 Å². The van der Waals surface area contributed by atoms with E-state index in [0.717, 1.165) is 0 Å². The summed E-state index contributed by atoms with van der Waals surface area (Å²) in [7, 11) is -3.15. The molecule has 0 saturated carbocycles. The van der Waals surface area contributed by atoms with Crippen molar-refractivity contribution in [2.45, 2.75) is 17.6 Å². The molecule has 0 spiro atoms. The van der Waals surface area contributed by atoms with Crippen molar-refractivity contribution < 1.29 is 36.3 Å². The van der Waals surface area contributed by atoms with Crippen LogP contribution in [0.3, 0.4) is 0 Å². The number of hydrogen-bond acceptors (Lipinski definition) is 6. The predicted octanol–water partition coefficient (Wildman–Crippen LogP) is 1.35. The van der Waals surface area contributed by atoms with E-state index in [1.807, 2.05) is 0 Å². The van der Waals surface area contributed by atoms with E-state index < -0.39 is 26.1 Å².